The van der Waals surface area contributed by atoms with Crippen molar-refractivity contribution in [2.45, 2.75) is 32.6 Å². The molecule has 2 nitrogen and oxygen atoms in total. The van der Waals surface area contributed by atoms with Gasteiger partial charge in [-0.1, -0.05) is 19.1 Å². The molecule has 1 saturated heterocycles. The molecule has 2 rings (SSSR count). The largest absolute Gasteiger partial charge is 0.508 e. The van der Waals surface area contributed by atoms with Crippen molar-refractivity contribution in [3.63, 3.8) is 0 Å². The van der Waals surface area contributed by atoms with Crippen LogP contribution < -0.4 is 5.32 Å². The lowest BCUT2D eigenvalue weighted by Crippen LogP contribution is -2.30. The van der Waals surface area contributed by atoms with Crippen molar-refractivity contribution < 1.29 is 5.11 Å². The predicted octanol–water partition coefficient (Wildman–Crippen LogP) is 2.50. The fraction of sp³-hybridized carbons (Fsp3) is 0.571. The summed E-state index contributed by atoms with van der Waals surface area (Å²) in [5, 5.41) is 13.3. The van der Waals surface area contributed by atoms with Gasteiger partial charge in [-0.15, -0.1) is 0 Å². The zero-order valence-electron chi connectivity index (χ0n) is 10.00. The molecule has 1 heterocycles. The molecule has 16 heavy (non-hydrogen) atoms. The first-order valence-corrected chi connectivity index (χ1v) is 6.31. The van der Waals surface area contributed by atoms with Gasteiger partial charge in [0.25, 0.3) is 0 Å². The molecule has 0 spiro atoms. The fourth-order valence-electron chi connectivity index (χ4n) is 2.43. The van der Waals surface area contributed by atoms with Crippen molar-refractivity contribution in [2.24, 2.45) is 5.92 Å². The van der Waals surface area contributed by atoms with E-state index in [-0.39, 0.29) is 0 Å². The maximum absolute atomic E-state index is 9.84. The molecular weight excluding hydrogens is 198 g/mol. The summed E-state index contributed by atoms with van der Waals surface area (Å²) in [5.41, 5.74) is 2.43. The number of nitrogens with one attached hydrogen (secondary N) is 1. The van der Waals surface area contributed by atoms with Crippen LogP contribution in [0.4, 0.5) is 0 Å². The maximum atomic E-state index is 9.84. The minimum atomic E-state index is 0.461. The molecule has 0 aliphatic carbocycles. The Balaban J connectivity index is 2.06. The topological polar surface area (TPSA) is 32.3 Å². The van der Waals surface area contributed by atoms with Crippen molar-refractivity contribution in [1.29, 1.82) is 0 Å². The number of hydrogen-bond acceptors (Lipinski definition) is 2. The van der Waals surface area contributed by atoms with E-state index in [0.717, 1.165) is 31.5 Å². The van der Waals surface area contributed by atoms with Crippen LogP contribution in [0, 0.1) is 5.92 Å². The second-order valence-electron chi connectivity index (χ2n) is 4.73. The molecule has 1 unspecified atom stereocenters. The molecule has 1 aromatic rings. The van der Waals surface area contributed by atoms with E-state index in [2.05, 4.69) is 18.3 Å². The Bertz CT molecular complexity index is 343. The van der Waals surface area contributed by atoms with E-state index in [4.69, 9.17) is 0 Å². The zero-order valence-corrected chi connectivity index (χ0v) is 10.00. The van der Waals surface area contributed by atoms with Gasteiger partial charge in [0.15, 0.2) is 0 Å². The number of piperidine rings is 1. The third-order valence-corrected chi connectivity index (χ3v) is 3.46. The van der Waals surface area contributed by atoms with Crippen LogP contribution in [0.5, 0.6) is 5.75 Å². The van der Waals surface area contributed by atoms with Crippen LogP contribution in [0.25, 0.3) is 0 Å². The summed E-state index contributed by atoms with van der Waals surface area (Å²) in [6.45, 7) is 4.39. The highest BCUT2D eigenvalue weighted by atomic mass is 16.3. The van der Waals surface area contributed by atoms with Crippen molar-refractivity contribution in [2.75, 3.05) is 13.1 Å². The molecule has 0 saturated carbocycles. The lowest BCUT2D eigenvalue weighted by Gasteiger charge is -2.23. The predicted molar refractivity (Wildman–Crippen MR) is 66.8 cm³/mol. The Labute approximate surface area is 97.7 Å². The van der Waals surface area contributed by atoms with Gasteiger partial charge in [-0.05, 0) is 61.9 Å². The summed E-state index contributed by atoms with van der Waals surface area (Å²) in [4.78, 5) is 0. The van der Waals surface area contributed by atoms with E-state index in [1.807, 2.05) is 12.1 Å². The Morgan fingerprint density at radius 1 is 1.44 bits per heavy atom. The molecule has 88 valence electrons. The molecule has 1 fully saturated rings. The molecule has 0 bridgehead atoms. The van der Waals surface area contributed by atoms with Gasteiger partial charge in [0.1, 0.15) is 5.75 Å². The molecule has 0 aromatic heterocycles. The minimum absolute atomic E-state index is 0.461. The summed E-state index contributed by atoms with van der Waals surface area (Å²) in [7, 11) is 0. The maximum Gasteiger partial charge on any atom is 0.118 e. The molecule has 0 radical (unpaired) electrons. The first-order valence-electron chi connectivity index (χ1n) is 6.31. The number of phenols is 1. The first kappa shape index (κ1) is 11.5. The van der Waals surface area contributed by atoms with E-state index in [9.17, 15) is 5.11 Å². The molecule has 1 atom stereocenters. The van der Waals surface area contributed by atoms with Gasteiger partial charge in [-0.3, -0.25) is 0 Å². The Morgan fingerprint density at radius 2 is 2.31 bits per heavy atom. The van der Waals surface area contributed by atoms with E-state index in [0.29, 0.717) is 11.7 Å². The highest BCUT2D eigenvalue weighted by Crippen LogP contribution is 2.24. The molecule has 1 aromatic carbocycles. The number of phenolic OH excluding ortho intramolecular Hbond substituents is 1. The summed E-state index contributed by atoms with van der Waals surface area (Å²) in [5.74, 6) is 1.15. The van der Waals surface area contributed by atoms with Gasteiger partial charge in [0.05, 0.1) is 0 Å². The summed E-state index contributed by atoms with van der Waals surface area (Å²) >= 11 is 0. The monoisotopic (exact) mass is 219 g/mol. The lowest BCUT2D eigenvalue weighted by molar-refractivity contribution is 0.369. The molecule has 2 N–H and O–H groups in total. The fourth-order valence-corrected chi connectivity index (χ4v) is 2.43. The van der Waals surface area contributed by atoms with Crippen LogP contribution in [0.1, 0.15) is 30.9 Å². The van der Waals surface area contributed by atoms with Gasteiger partial charge in [0.2, 0.25) is 0 Å². The number of aryl methyl sites for hydroxylation is 1. The second-order valence-corrected chi connectivity index (χ2v) is 4.73. The summed E-state index contributed by atoms with van der Waals surface area (Å²) < 4.78 is 0. The van der Waals surface area contributed by atoms with Crippen molar-refractivity contribution in [1.82, 2.24) is 5.32 Å². The highest BCUT2D eigenvalue weighted by Gasteiger charge is 2.15. The lowest BCUT2D eigenvalue weighted by atomic mass is 9.91. The number of benzene rings is 1. The van der Waals surface area contributed by atoms with Crippen LogP contribution in [-0.4, -0.2) is 18.2 Å². The van der Waals surface area contributed by atoms with Gasteiger partial charge in [0, 0.05) is 0 Å². The van der Waals surface area contributed by atoms with E-state index >= 15 is 0 Å². The van der Waals surface area contributed by atoms with Crippen LogP contribution in [-0.2, 0) is 12.8 Å². The minimum Gasteiger partial charge on any atom is -0.508 e. The number of aromatic hydroxyl groups is 1. The Kier molecular flexibility index (Phi) is 3.83. The average Bonchev–Trinajstić information content (AvgIpc) is 2.33. The molecule has 1 aliphatic heterocycles. The van der Waals surface area contributed by atoms with E-state index in [1.54, 1.807) is 0 Å². The van der Waals surface area contributed by atoms with Gasteiger partial charge >= 0.3 is 0 Å². The van der Waals surface area contributed by atoms with Crippen molar-refractivity contribution in [3.05, 3.63) is 29.3 Å². The third kappa shape index (κ3) is 2.76. The zero-order chi connectivity index (χ0) is 11.4. The molecule has 2 heteroatoms. The normalized spacial score (nSPS) is 20.9. The Morgan fingerprint density at radius 3 is 3.00 bits per heavy atom. The third-order valence-electron chi connectivity index (χ3n) is 3.46. The van der Waals surface area contributed by atoms with Gasteiger partial charge < -0.3 is 10.4 Å². The summed E-state index contributed by atoms with van der Waals surface area (Å²) in [6, 6.07) is 6.01. The summed E-state index contributed by atoms with van der Waals surface area (Å²) in [6.07, 6.45) is 4.59. The second kappa shape index (κ2) is 5.35. The van der Waals surface area contributed by atoms with Crippen LogP contribution in [0.2, 0.25) is 0 Å². The van der Waals surface area contributed by atoms with Gasteiger partial charge in [-0.25, -0.2) is 0 Å². The van der Waals surface area contributed by atoms with E-state index in [1.165, 1.54) is 18.4 Å². The average molecular weight is 219 g/mol. The van der Waals surface area contributed by atoms with Crippen LogP contribution in [0.15, 0.2) is 18.2 Å². The molecular formula is C14H21NO. The van der Waals surface area contributed by atoms with Crippen LogP contribution >= 0.6 is 0 Å². The quantitative estimate of drug-likeness (QED) is 0.818. The Hall–Kier alpha value is -1.02. The SMILES string of the molecule is CCc1ccc(O)c(CC2CCCNC2)c1. The standard InChI is InChI=1S/C14H21NO/c1-2-11-5-6-14(16)13(8-11)9-12-4-3-7-15-10-12/h5-6,8,12,15-16H,2-4,7,9-10H2,1H3. The first-order chi connectivity index (χ1) is 7.79. The van der Waals surface area contributed by atoms with Crippen molar-refractivity contribution >= 4 is 0 Å². The van der Waals surface area contributed by atoms with E-state index < -0.39 is 0 Å². The molecule has 0 amide bonds. The van der Waals surface area contributed by atoms with Crippen molar-refractivity contribution in [3.8, 4) is 5.75 Å². The van der Waals surface area contributed by atoms with Gasteiger partial charge in [-0.2, -0.15) is 0 Å². The smallest absolute Gasteiger partial charge is 0.118 e. The number of hydrogen-bond donors (Lipinski definition) is 2. The number of rotatable bonds is 3. The highest BCUT2D eigenvalue weighted by molar-refractivity contribution is 5.36. The molecule has 1 aliphatic rings. The van der Waals surface area contributed by atoms with Crippen LogP contribution in [0.3, 0.4) is 0 Å².